The fraction of sp³-hybridized carbons (Fsp3) is 0.522. The van der Waals surface area contributed by atoms with E-state index in [0.717, 1.165) is 50.0 Å². The second kappa shape index (κ2) is 8.57. The minimum atomic E-state index is 0.657. The molecule has 0 radical (unpaired) electrons. The molecule has 4 heterocycles. The number of thiazole rings is 1. The van der Waals surface area contributed by atoms with Crippen molar-refractivity contribution < 1.29 is 4.74 Å². The molecule has 2 aliphatic rings. The lowest BCUT2D eigenvalue weighted by molar-refractivity contribution is 0.0878. The number of aryl methyl sites for hydroxylation is 1. The minimum Gasteiger partial charge on any atom is -0.495 e. The van der Waals surface area contributed by atoms with Gasteiger partial charge in [0, 0.05) is 56.9 Å². The van der Waals surface area contributed by atoms with Crippen molar-refractivity contribution in [3.8, 4) is 5.75 Å². The Morgan fingerprint density at radius 1 is 1.13 bits per heavy atom. The van der Waals surface area contributed by atoms with Crippen LogP contribution in [0.25, 0.3) is 4.96 Å². The van der Waals surface area contributed by atoms with Crippen LogP contribution in [-0.2, 0) is 6.54 Å². The van der Waals surface area contributed by atoms with E-state index in [9.17, 15) is 0 Å². The van der Waals surface area contributed by atoms with Crippen LogP contribution in [0.15, 0.2) is 35.8 Å². The van der Waals surface area contributed by atoms with Crippen LogP contribution in [0.4, 0.5) is 5.69 Å². The van der Waals surface area contributed by atoms with Crippen LogP contribution in [0.1, 0.15) is 24.2 Å². The number of hydrogen-bond acceptors (Lipinski definition) is 6. The van der Waals surface area contributed by atoms with Gasteiger partial charge in [-0.1, -0.05) is 12.1 Å². The summed E-state index contributed by atoms with van der Waals surface area (Å²) < 4.78 is 7.85. The van der Waals surface area contributed by atoms with Crippen LogP contribution < -0.4 is 9.64 Å². The Kier molecular flexibility index (Phi) is 5.67. The number of nitrogens with zero attached hydrogens (tertiary/aromatic N) is 5. The lowest BCUT2D eigenvalue weighted by Crippen LogP contribution is -2.55. The molecule has 0 N–H and O–H groups in total. The van der Waals surface area contributed by atoms with Gasteiger partial charge in [0.2, 0.25) is 0 Å². The Morgan fingerprint density at radius 2 is 1.97 bits per heavy atom. The van der Waals surface area contributed by atoms with Crippen LogP contribution in [0.2, 0.25) is 0 Å². The predicted octanol–water partition coefficient (Wildman–Crippen LogP) is 3.50. The van der Waals surface area contributed by atoms with Crippen LogP contribution in [0.3, 0.4) is 0 Å². The van der Waals surface area contributed by atoms with Crippen molar-refractivity contribution >= 4 is 22.0 Å². The molecule has 2 saturated heterocycles. The van der Waals surface area contributed by atoms with Gasteiger partial charge in [-0.3, -0.25) is 14.2 Å². The lowest BCUT2D eigenvalue weighted by Gasteiger charge is -2.44. The third kappa shape index (κ3) is 3.82. The van der Waals surface area contributed by atoms with Crippen LogP contribution in [-0.4, -0.2) is 71.6 Å². The van der Waals surface area contributed by atoms with Crippen molar-refractivity contribution in [1.82, 2.24) is 19.2 Å². The fourth-order valence-corrected chi connectivity index (χ4v) is 5.81. The van der Waals surface area contributed by atoms with Crippen LogP contribution >= 0.6 is 11.3 Å². The number of benzene rings is 1. The van der Waals surface area contributed by atoms with Crippen molar-refractivity contribution in [1.29, 1.82) is 0 Å². The molecule has 0 aliphatic carbocycles. The molecule has 2 aromatic heterocycles. The van der Waals surface area contributed by atoms with Gasteiger partial charge in [-0.05, 0) is 38.4 Å². The van der Waals surface area contributed by atoms with Crippen molar-refractivity contribution in [3.63, 3.8) is 0 Å². The number of methoxy groups -OCH3 is 1. The number of ether oxygens (including phenoxy) is 1. The van der Waals surface area contributed by atoms with Gasteiger partial charge in [0.25, 0.3) is 0 Å². The molecular weight excluding hydrogens is 394 g/mol. The highest BCUT2D eigenvalue weighted by Crippen LogP contribution is 2.29. The number of anilines is 1. The second-order valence-corrected chi connectivity index (χ2v) is 9.30. The number of rotatable bonds is 5. The zero-order valence-corrected chi connectivity index (χ0v) is 18.8. The van der Waals surface area contributed by atoms with Crippen molar-refractivity contribution in [2.24, 2.45) is 0 Å². The van der Waals surface area contributed by atoms with Crippen molar-refractivity contribution in [2.75, 3.05) is 51.3 Å². The summed E-state index contributed by atoms with van der Waals surface area (Å²) in [5.41, 5.74) is 3.75. The van der Waals surface area contributed by atoms with E-state index in [-0.39, 0.29) is 0 Å². The average molecular weight is 426 g/mol. The van der Waals surface area contributed by atoms with E-state index >= 15 is 0 Å². The zero-order chi connectivity index (χ0) is 20.5. The van der Waals surface area contributed by atoms with Gasteiger partial charge < -0.3 is 9.64 Å². The quantitative estimate of drug-likeness (QED) is 0.625. The molecule has 30 heavy (non-hydrogen) atoms. The normalized spacial score (nSPS) is 21.4. The molecule has 6 nitrogen and oxygen atoms in total. The first-order valence-electron chi connectivity index (χ1n) is 11.0. The Balaban J connectivity index is 1.21. The summed E-state index contributed by atoms with van der Waals surface area (Å²) in [5.74, 6) is 0.978. The number of imidazole rings is 1. The summed E-state index contributed by atoms with van der Waals surface area (Å²) >= 11 is 1.72. The standard InChI is InChI=1S/C23H31N5OS/c1-18-21(28-14-15-30-23(28)24-18)17-25-9-5-6-19(16-25)26-10-12-27(13-11-26)20-7-3-4-8-22(20)29-2/h3-4,7-8,14-15,19H,5-6,9-13,16-17H2,1-2H3. The van der Waals surface area contributed by atoms with Gasteiger partial charge in [0.1, 0.15) is 5.75 Å². The summed E-state index contributed by atoms with van der Waals surface area (Å²) in [6, 6.07) is 9.04. The summed E-state index contributed by atoms with van der Waals surface area (Å²) in [4.78, 5) is 13.7. The molecule has 0 spiro atoms. The smallest absolute Gasteiger partial charge is 0.194 e. The average Bonchev–Trinajstić information content (AvgIpc) is 3.36. The lowest BCUT2D eigenvalue weighted by atomic mass is 10.0. The van der Waals surface area contributed by atoms with E-state index in [1.165, 1.54) is 36.5 Å². The van der Waals surface area contributed by atoms with Gasteiger partial charge >= 0.3 is 0 Å². The second-order valence-electron chi connectivity index (χ2n) is 8.43. The first-order chi connectivity index (χ1) is 14.7. The highest BCUT2D eigenvalue weighted by molar-refractivity contribution is 7.15. The maximum absolute atomic E-state index is 5.57. The molecule has 0 saturated carbocycles. The first-order valence-corrected chi connectivity index (χ1v) is 11.9. The maximum atomic E-state index is 5.57. The van der Waals surface area contributed by atoms with Gasteiger partial charge in [0.15, 0.2) is 4.96 Å². The molecule has 160 valence electrons. The SMILES string of the molecule is COc1ccccc1N1CCN(C2CCCN(Cc3c(C)nc4sccn34)C2)CC1. The summed E-state index contributed by atoms with van der Waals surface area (Å²) in [5, 5.41) is 2.13. The van der Waals surface area contributed by atoms with E-state index < -0.39 is 0 Å². The van der Waals surface area contributed by atoms with Crippen molar-refractivity contribution in [2.45, 2.75) is 32.4 Å². The summed E-state index contributed by atoms with van der Waals surface area (Å²) in [6.07, 6.45) is 4.75. The van der Waals surface area contributed by atoms with E-state index in [1.54, 1.807) is 18.4 Å². The molecule has 2 fully saturated rings. The van der Waals surface area contributed by atoms with Crippen LogP contribution in [0, 0.1) is 6.92 Å². The highest BCUT2D eigenvalue weighted by Gasteiger charge is 2.29. The van der Waals surface area contributed by atoms with E-state index in [2.05, 4.69) is 55.8 Å². The predicted molar refractivity (Wildman–Crippen MR) is 123 cm³/mol. The minimum absolute atomic E-state index is 0.657. The number of aromatic nitrogens is 2. The Morgan fingerprint density at radius 3 is 2.80 bits per heavy atom. The zero-order valence-electron chi connectivity index (χ0n) is 18.0. The monoisotopic (exact) mass is 425 g/mol. The van der Waals surface area contributed by atoms with Gasteiger partial charge in [-0.15, -0.1) is 11.3 Å². The van der Waals surface area contributed by atoms with E-state index in [0.29, 0.717) is 6.04 Å². The molecular formula is C23H31N5OS. The van der Waals surface area contributed by atoms with E-state index in [1.807, 2.05) is 6.07 Å². The number of para-hydroxylation sites is 2. The van der Waals surface area contributed by atoms with Gasteiger partial charge in [0.05, 0.1) is 24.2 Å². The molecule has 0 bridgehead atoms. The largest absolute Gasteiger partial charge is 0.495 e. The number of likely N-dealkylation sites (tertiary alicyclic amines) is 1. The van der Waals surface area contributed by atoms with Gasteiger partial charge in [-0.2, -0.15) is 0 Å². The molecule has 1 aromatic carbocycles. The summed E-state index contributed by atoms with van der Waals surface area (Å²) in [7, 11) is 1.76. The first kappa shape index (κ1) is 19.8. The number of piperidine rings is 1. The Hall–Kier alpha value is -2.09. The van der Waals surface area contributed by atoms with E-state index in [4.69, 9.17) is 9.72 Å². The third-order valence-electron chi connectivity index (χ3n) is 6.67. The topological polar surface area (TPSA) is 36.2 Å². The number of fused-ring (bicyclic) bond motifs is 1. The Bertz CT molecular complexity index is 991. The molecule has 1 unspecified atom stereocenters. The summed E-state index contributed by atoms with van der Waals surface area (Å²) in [6.45, 7) is 9.87. The Labute approximate surface area is 182 Å². The molecule has 1 atom stereocenters. The van der Waals surface area contributed by atoms with Crippen molar-refractivity contribution in [3.05, 3.63) is 47.2 Å². The molecule has 0 amide bonds. The van der Waals surface area contributed by atoms with Crippen LogP contribution in [0.5, 0.6) is 5.75 Å². The maximum Gasteiger partial charge on any atom is 0.194 e. The molecule has 7 heteroatoms. The number of piperazine rings is 1. The molecule has 5 rings (SSSR count). The highest BCUT2D eigenvalue weighted by atomic mass is 32.1. The number of hydrogen-bond donors (Lipinski definition) is 0. The third-order valence-corrected chi connectivity index (χ3v) is 7.43. The fourth-order valence-electron chi connectivity index (χ4n) is 5.03. The molecule has 2 aliphatic heterocycles. The molecule has 3 aromatic rings. The van der Waals surface area contributed by atoms with Gasteiger partial charge in [-0.25, -0.2) is 4.98 Å².